The summed E-state index contributed by atoms with van der Waals surface area (Å²) in [6, 6.07) is 4.21. The second-order valence-electron chi connectivity index (χ2n) is 5.75. The summed E-state index contributed by atoms with van der Waals surface area (Å²) in [7, 11) is 2.15. The number of rotatable bonds is 1. The van der Waals surface area contributed by atoms with Crippen molar-refractivity contribution in [3.63, 3.8) is 0 Å². The number of aryl methyl sites for hydroxylation is 2. The standard InChI is InChI=1S/C16H17N3O2.HI/c1-9-7-12-14(21-16-15(12)17-10(2)20-16)8-13(9)19-6-5-18(4)11(19)3;/h5-8,11H,1-4H3;1H/t11-;/m0./s1. The zero-order valence-corrected chi connectivity index (χ0v) is 15.1. The highest BCUT2D eigenvalue weighted by Crippen LogP contribution is 2.34. The van der Waals surface area contributed by atoms with Crippen LogP contribution in [0.25, 0.3) is 22.3 Å². The molecule has 1 aliphatic rings. The Morgan fingerprint density at radius 2 is 2.00 bits per heavy atom. The van der Waals surface area contributed by atoms with Crippen molar-refractivity contribution in [3.05, 3.63) is 36.0 Å². The number of furan rings is 1. The van der Waals surface area contributed by atoms with E-state index in [9.17, 15) is 0 Å². The van der Waals surface area contributed by atoms with E-state index < -0.39 is 0 Å². The molecule has 6 heteroatoms. The minimum atomic E-state index is 0. The van der Waals surface area contributed by atoms with Crippen LogP contribution in [0, 0.1) is 13.8 Å². The topological polar surface area (TPSA) is 46.9 Å². The van der Waals surface area contributed by atoms with Crippen LogP contribution in [0.2, 0.25) is 0 Å². The number of nitrogens with zero attached hydrogens (tertiary/aromatic N) is 2. The first-order chi connectivity index (χ1) is 10.0. The normalized spacial score (nSPS) is 21.0. The van der Waals surface area contributed by atoms with Crippen LogP contribution in [0.3, 0.4) is 0 Å². The molecule has 116 valence electrons. The van der Waals surface area contributed by atoms with Gasteiger partial charge in [-0.15, -0.1) is 0 Å². The van der Waals surface area contributed by atoms with Crippen molar-refractivity contribution < 1.29 is 37.7 Å². The molecule has 1 aliphatic heterocycles. The Kier molecular flexibility index (Phi) is 3.68. The van der Waals surface area contributed by atoms with Gasteiger partial charge in [-0.1, -0.05) is 0 Å². The summed E-state index contributed by atoms with van der Waals surface area (Å²) in [5.74, 6) is 1.14. The minimum Gasteiger partial charge on any atom is -1.00 e. The van der Waals surface area contributed by atoms with Gasteiger partial charge in [-0.05, 0) is 18.6 Å². The number of halogens is 1. The smallest absolute Gasteiger partial charge is 0.319 e. The van der Waals surface area contributed by atoms with Gasteiger partial charge in [0.2, 0.25) is 0 Å². The molecule has 0 radical (unpaired) electrons. The van der Waals surface area contributed by atoms with Crippen LogP contribution in [0.5, 0.6) is 0 Å². The SMILES string of the molecule is Cc1nc2c(o1)oc1cc(N3C=C[NH+](C)[C@@H]3C)c(C)cc12.[I-]. The van der Waals surface area contributed by atoms with E-state index in [0.717, 1.165) is 22.2 Å². The van der Waals surface area contributed by atoms with Gasteiger partial charge in [-0.25, -0.2) is 4.98 Å². The molecule has 5 nitrogen and oxygen atoms in total. The first-order valence-electron chi connectivity index (χ1n) is 7.15. The van der Waals surface area contributed by atoms with Crippen molar-refractivity contribution >= 4 is 28.0 Å². The van der Waals surface area contributed by atoms with E-state index in [2.05, 4.69) is 55.3 Å². The molecule has 22 heavy (non-hydrogen) atoms. The Hall–Kier alpha value is -1.54. The number of nitrogens with one attached hydrogen (secondary N) is 1. The molecule has 1 N–H and O–H groups in total. The second-order valence-corrected chi connectivity index (χ2v) is 5.75. The molecule has 0 fully saturated rings. The highest BCUT2D eigenvalue weighted by molar-refractivity contribution is 6.02. The van der Waals surface area contributed by atoms with Crippen molar-refractivity contribution in [1.82, 2.24) is 4.98 Å². The zero-order valence-electron chi connectivity index (χ0n) is 13.0. The second kappa shape index (κ2) is 5.27. The van der Waals surface area contributed by atoms with Gasteiger partial charge in [0.05, 0.1) is 24.3 Å². The summed E-state index contributed by atoms with van der Waals surface area (Å²) in [4.78, 5) is 8.04. The van der Waals surface area contributed by atoms with Gasteiger partial charge in [0, 0.05) is 19.9 Å². The number of benzene rings is 1. The summed E-state index contributed by atoms with van der Waals surface area (Å²) in [5, 5.41) is 1.01. The fourth-order valence-electron chi connectivity index (χ4n) is 2.95. The lowest BCUT2D eigenvalue weighted by atomic mass is 10.1. The highest BCUT2D eigenvalue weighted by Gasteiger charge is 2.27. The van der Waals surface area contributed by atoms with Gasteiger partial charge in [0.25, 0.3) is 0 Å². The van der Waals surface area contributed by atoms with Crippen molar-refractivity contribution in [2.45, 2.75) is 26.9 Å². The van der Waals surface area contributed by atoms with Gasteiger partial charge in [-0.2, -0.15) is 0 Å². The number of anilines is 1. The van der Waals surface area contributed by atoms with Crippen LogP contribution in [0.4, 0.5) is 5.69 Å². The van der Waals surface area contributed by atoms with E-state index in [-0.39, 0.29) is 24.0 Å². The Morgan fingerprint density at radius 3 is 2.68 bits per heavy atom. The molecule has 3 heterocycles. The third-order valence-electron chi connectivity index (χ3n) is 4.31. The Morgan fingerprint density at radius 1 is 1.23 bits per heavy atom. The summed E-state index contributed by atoms with van der Waals surface area (Å²) in [6.07, 6.45) is 4.66. The van der Waals surface area contributed by atoms with E-state index >= 15 is 0 Å². The van der Waals surface area contributed by atoms with E-state index in [0.29, 0.717) is 17.8 Å². The molecule has 4 rings (SSSR count). The molecule has 0 saturated heterocycles. The maximum atomic E-state index is 5.80. The number of hydrogen-bond acceptors (Lipinski definition) is 4. The molecule has 1 aromatic carbocycles. The average Bonchev–Trinajstić information content (AvgIpc) is 3.05. The van der Waals surface area contributed by atoms with E-state index in [4.69, 9.17) is 8.83 Å². The summed E-state index contributed by atoms with van der Waals surface area (Å²) >= 11 is 0. The highest BCUT2D eigenvalue weighted by atomic mass is 127. The maximum absolute atomic E-state index is 5.80. The monoisotopic (exact) mass is 411 g/mol. The lowest BCUT2D eigenvalue weighted by molar-refractivity contribution is -0.843. The molecular formula is C16H18IN3O2. The number of quaternary nitrogens is 1. The van der Waals surface area contributed by atoms with Crippen LogP contribution < -0.4 is 33.8 Å². The van der Waals surface area contributed by atoms with E-state index in [1.165, 1.54) is 10.5 Å². The van der Waals surface area contributed by atoms with Gasteiger partial charge in [0.1, 0.15) is 11.8 Å². The zero-order chi connectivity index (χ0) is 14.7. The third kappa shape index (κ3) is 2.13. The molecule has 0 bridgehead atoms. The first-order valence-corrected chi connectivity index (χ1v) is 7.15. The average molecular weight is 411 g/mol. The molecule has 0 aliphatic carbocycles. The first kappa shape index (κ1) is 15.4. The fraction of sp³-hybridized carbons (Fsp3) is 0.312. The fourth-order valence-corrected chi connectivity index (χ4v) is 2.95. The summed E-state index contributed by atoms with van der Waals surface area (Å²) < 4.78 is 11.3. The van der Waals surface area contributed by atoms with Crippen LogP contribution >= 0.6 is 0 Å². The van der Waals surface area contributed by atoms with Gasteiger partial charge in [0.15, 0.2) is 17.6 Å². The number of aromatic nitrogens is 1. The van der Waals surface area contributed by atoms with Crippen molar-refractivity contribution in [2.75, 3.05) is 11.9 Å². The molecule has 0 spiro atoms. The lowest BCUT2D eigenvalue weighted by Crippen LogP contribution is -3.08. The quantitative estimate of drug-likeness (QED) is 0.541. The number of fused-ring (bicyclic) bond motifs is 3. The van der Waals surface area contributed by atoms with Crippen molar-refractivity contribution in [1.29, 1.82) is 0 Å². The van der Waals surface area contributed by atoms with E-state index in [1.54, 1.807) is 0 Å². The maximum Gasteiger partial charge on any atom is 0.319 e. The Bertz CT molecular complexity index is 880. The molecule has 2 atom stereocenters. The molecular weight excluding hydrogens is 393 g/mol. The predicted octanol–water partition coefficient (Wildman–Crippen LogP) is -0.653. The van der Waals surface area contributed by atoms with Crippen LogP contribution in [-0.2, 0) is 0 Å². The molecule has 3 aromatic rings. The molecule has 2 aromatic heterocycles. The Balaban J connectivity index is 0.00000144. The van der Waals surface area contributed by atoms with Crippen molar-refractivity contribution in [2.24, 2.45) is 0 Å². The summed E-state index contributed by atoms with van der Waals surface area (Å²) in [5.41, 5.74) is 4.00. The van der Waals surface area contributed by atoms with Gasteiger partial charge in [-0.3, -0.25) is 9.80 Å². The Labute approximate surface area is 145 Å². The van der Waals surface area contributed by atoms with E-state index in [1.807, 2.05) is 6.92 Å². The summed E-state index contributed by atoms with van der Waals surface area (Å²) in [6.45, 7) is 6.16. The molecule has 1 unspecified atom stereocenters. The van der Waals surface area contributed by atoms with Crippen LogP contribution in [-0.4, -0.2) is 18.2 Å². The number of oxazole rings is 1. The number of hydrogen-bond donors (Lipinski definition) is 1. The largest absolute Gasteiger partial charge is 1.00 e. The molecule has 0 saturated carbocycles. The van der Waals surface area contributed by atoms with Crippen LogP contribution in [0.15, 0.2) is 33.4 Å². The predicted molar refractivity (Wildman–Crippen MR) is 81.2 cm³/mol. The van der Waals surface area contributed by atoms with Crippen LogP contribution in [0.1, 0.15) is 18.4 Å². The van der Waals surface area contributed by atoms with Gasteiger partial charge < -0.3 is 32.8 Å². The van der Waals surface area contributed by atoms with Crippen molar-refractivity contribution in [3.8, 4) is 0 Å². The third-order valence-corrected chi connectivity index (χ3v) is 4.31. The van der Waals surface area contributed by atoms with Gasteiger partial charge >= 0.3 is 5.78 Å². The molecule has 0 amide bonds. The minimum absolute atomic E-state index is 0. The lowest BCUT2D eigenvalue weighted by Gasteiger charge is -2.24.